The molecule has 100 valence electrons. The first-order valence-electron chi connectivity index (χ1n) is 7.18. The molecule has 1 heterocycles. The van der Waals surface area contributed by atoms with Crippen molar-refractivity contribution < 1.29 is 0 Å². The first kappa shape index (κ1) is 12.9. The van der Waals surface area contributed by atoms with Crippen molar-refractivity contribution in [2.45, 2.75) is 20.3 Å². The monoisotopic (exact) mass is 261 g/mol. The molecule has 0 saturated heterocycles. The van der Waals surface area contributed by atoms with Crippen LogP contribution in [0.2, 0.25) is 0 Å². The highest BCUT2D eigenvalue weighted by Gasteiger charge is 2.10. The van der Waals surface area contributed by atoms with E-state index in [1.807, 2.05) is 12.1 Å². The van der Waals surface area contributed by atoms with Crippen LogP contribution < -0.4 is 0 Å². The third-order valence-corrected chi connectivity index (χ3v) is 3.48. The summed E-state index contributed by atoms with van der Waals surface area (Å²) in [5.41, 5.74) is 4.73. The lowest BCUT2D eigenvalue weighted by atomic mass is 9.96. The fraction of sp³-hybridized carbons (Fsp3) is 0.211. The number of benzene rings is 2. The number of nitrogens with zero attached hydrogens (tertiary/aromatic N) is 1. The second kappa shape index (κ2) is 5.46. The summed E-state index contributed by atoms with van der Waals surface area (Å²) in [5, 5.41) is 1.22. The zero-order valence-corrected chi connectivity index (χ0v) is 12.0. The van der Waals surface area contributed by atoms with E-state index in [0.29, 0.717) is 5.92 Å². The van der Waals surface area contributed by atoms with Gasteiger partial charge in [-0.05, 0) is 30.0 Å². The van der Waals surface area contributed by atoms with Crippen LogP contribution in [0.4, 0.5) is 0 Å². The fourth-order valence-electron chi connectivity index (χ4n) is 2.60. The van der Waals surface area contributed by atoms with Gasteiger partial charge in [0.2, 0.25) is 0 Å². The summed E-state index contributed by atoms with van der Waals surface area (Å²) in [6.07, 6.45) is 1.06. The van der Waals surface area contributed by atoms with Crippen molar-refractivity contribution in [1.29, 1.82) is 0 Å². The Morgan fingerprint density at radius 2 is 1.60 bits per heavy atom. The predicted octanol–water partition coefficient (Wildman–Crippen LogP) is 5.10. The van der Waals surface area contributed by atoms with Crippen LogP contribution in [-0.2, 0) is 6.42 Å². The van der Waals surface area contributed by atoms with Gasteiger partial charge in [0.1, 0.15) is 0 Å². The molecule has 0 aliphatic rings. The van der Waals surface area contributed by atoms with Gasteiger partial charge in [-0.2, -0.15) is 0 Å². The van der Waals surface area contributed by atoms with E-state index in [-0.39, 0.29) is 0 Å². The summed E-state index contributed by atoms with van der Waals surface area (Å²) in [6.45, 7) is 4.51. The van der Waals surface area contributed by atoms with Gasteiger partial charge in [0.15, 0.2) is 0 Å². The minimum Gasteiger partial charge on any atom is -0.248 e. The van der Waals surface area contributed by atoms with Crippen molar-refractivity contribution in [2.24, 2.45) is 5.92 Å². The van der Waals surface area contributed by atoms with Crippen molar-refractivity contribution in [2.75, 3.05) is 0 Å². The van der Waals surface area contributed by atoms with Crippen LogP contribution in [0.1, 0.15) is 19.4 Å². The van der Waals surface area contributed by atoms with E-state index in [1.165, 1.54) is 16.5 Å². The SMILES string of the molecule is CC(C)Cc1cc2ccccc2nc1-c1ccccc1. The molecule has 0 N–H and O–H groups in total. The normalized spacial score (nSPS) is 11.2. The lowest BCUT2D eigenvalue weighted by Gasteiger charge is -2.13. The van der Waals surface area contributed by atoms with E-state index in [4.69, 9.17) is 4.98 Å². The first-order valence-corrected chi connectivity index (χ1v) is 7.18. The third-order valence-electron chi connectivity index (χ3n) is 3.48. The summed E-state index contributed by atoms with van der Waals surface area (Å²) in [7, 11) is 0. The quantitative estimate of drug-likeness (QED) is 0.639. The maximum absolute atomic E-state index is 4.90. The summed E-state index contributed by atoms with van der Waals surface area (Å²) in [6, 6.07) is 21.1. The molecule has 0 bridgehead atoms. The lowest BCUT2D eigenvalue weighted by molar-refractivity contribution is 0.647. The molecule has 20 heavy (non-hydrogen) atoms. The lowest BCUT2D eigenvalue weighted by Crippen LogP contribution is -1.99. The van der Waals surface area contributed by atoms with Gasteiger partial charge in [-0.15, -0.1) is 0 Å². The highest BCUT2D eigenvalue weighted by molar-refractivity contribution is 5.83. The number of fused-ring (bicyclic) bond motifs is 1. The van der Waals surface area contributed by atoms with Gasteiger partial charge < -0.3 is 0 Å². The van der Waals surface area contributed by atoms with Crippen molar-refractivity contribution in [3.8, 4) is 11.3 Å². The van der Waals surface area contributed by atoms with Gasteiger partial charge in [0.25, 0.3) is 0 Å². The Kier molecular flexibility index (Phi) is 3.51. The average molecular weight is 261 g/mol. The second-order valence-electron chi connectivity index (χ2n) is 5.65. The number of hydrogen-bond donors (Lipinski definition) is 0. The summed E-state index contributed by atoms with van der Waals surface area (Å²) in [4.78, 5) is 4.90. The molecule has 0 amide bonds. The van der Waals surface area contributed by atoms with E-state index in [1.54, 1.807) is 0 Å². The highest BCUT2D eigenvalue weighted by atomic mass is 14.7. The Morgan fingerprint density at radius 3 is 2.35 bits per heavy atom. The molecule has 0 unspecified atom stereocenters. The molecular formula is C19H19N. The predicted molar refractivity (Wildman–Crippen MR) is 85.7 cm³/mol. The minimum absolute atomic E-state index is 0.625. The summed E-state index contributed by atoms with van der Waals surface area (Å²) in [5.74, 6) is 0.625. The summed E-state index contributed by atoms with van der Waals surface area (Å²) < 4.78 is 0. The van der Waals surface area contributed by atoms with Crippen molar-refractivity contribution in [3.05, 3.63) is 66.2 Å². The first-order chi connectivity index (χ1) is 9.74. The Hall–Kier alpha value is -2.15. The molecule has 1 heteroatoms. The molecule has 0 spiro atoms. The molecule has 2 aromatic carbocycles. The number of para-hydroxylation sites is 1. The molecule has 0 saturated carbocycles. The maximum Gasteiger partial charge on any atom is 0.0741 e. The van der Waals surface area contributed by atoms with Gasteiger partial charge in [0.05, 0.1) is 11.2 Å². The average Bonchev–Trinajstić information content (AvgIpc) is 2.47. The van der Waals surface area contributed by atoms with Gasteiger partial charge >= 0.3 is 0 Å². The Labute approximate surface area is 120 Å². The van der Waals surface area contributed by atoms with Gasteiger partial charge in [-0.25, -0.2) is 4.98 Å². The van der Waals surface area contributed by atoms with E-state index in [2.05, 4.69) is 62.4 Å². The van der Waals surface area contributed by atoms with E-state index >= 15 is 0 Å². The van der Waals surface area contributed by atoms with Gasteiger partial charge in [0, 0.05) is 10.9 Å². The van der Waals surface area contributed by atoms with E-state index in [9.17, 15) is 0 Å². The Morgan fingerprint density at radius 1 is 0.900 bits per heavy atom. The van der Waals surface area contributed by atoms with Crippen molar-refractivity contribution in [3.63, 3.8) is 0 Å². The molecular weight excluding hydrogens is 242 g/mol. The van der Waals surface area contributed by atoms with Crippen LogP contribution in [0.25, 0.3) is 22.2 Å². The standard InChI is InChI=1S/C19H19N/c1-14(2)12-17-13-16-10-6-7-11-18(16)20-19(17)15-8-4-3-5-9-15/h3-11,13-14H,12H2,1-2H3. The summed E-state index contributed by atoms with van der Waals surface area (Å²) >= 11 is 0. The number of aromatic nitrogens is 1. The smallest absolute Gasteiger partial charge is 0.0741 e. The van der Waals surface area contributed by atoms with Crippen LogP contribution >= 0.6 is 0 Å². The van der Waals surface area contributed by atoms with Gasteiger partial charge in [-0.3, -0.25) is 0 Å². The Bertz CT molecular complexity index is 714. The zero-order chi connectivity index (χ0) is 13.9. The molecule has 0 atom stereocenters. The minimum atomic E-state index is 0.625. The zero-order valence-electron chi connectivity index (χ0n) is 12.0. The van der Waals surface area contributed by atoms with Crippen LogP contribution in [0.15, 0.2) is 60.7 Å². The van der Waals surface area contributed by atoms with E-state index < -0.39 is 0 Å². The molecule has 3 aromatic rings. The van der Waals surface area contributed by atoms with Crippen molar-refractivity contribution in [1.82, 2.24) is 4.98 Å². The van der Waals surface area contributed by atoms with Crippen LogP contribution in [0.5, 0.6) is 0 Å². The molecule has 3 rings (SSSR count). The van der Waals surface area contributed by atoms with E-state index in [0.717, 1.165) is 17.6 Å². The van der Waals surface area contributed by atoms with Crippen molar-refractivity contribution >= 4 is 10.9 Å². The van der Waals surface area contributed by atoms with Gasteiger partial charge in [-0.1, -0.05) is 62.4 Å². The number of hydrogen-bond acceptors (Lipinski definition) is 1. The highest BCUT2D eigenvalue weighted by Crippen LogP contribution is 2.27. The number of pyridine rings is 1. The molecule has 0 aliphatic carbocycles. The molecule has 0 aliphatic heterocycles. The topological polar surface area (TPSA) is 12.9 Å². The fourth-order valence-corrected chi connectivity index (χ4v) is 2.60. The molecule has 1 nitrogen and oxygen atoms in total. The van der Waals surface area contributed by atoms with Crippen LogP contribution in [0.3, 0.4) is 0 Å². The largest absolute Gasteiger partial charge is 0.248 e. The molecule has 0 fully saturated rings. The second-order valence-corrected chi connectivity index (χ2v) is 5.65. The molecule has 0 radical (unpaired) electrons. The van der Waals surface area contributed by atoms with Crippen LogP contribution in [0, 0.1) is 5.92 Å². The Balaban J connectivity index is 2.21. The molecule has 1 aromatic heterocycles. The van der Waals surface area contributed by atoms with Crippen LogP contribution in [-0.4, -0.2) is 4.98 Å². The number of rotatable bonds is 3. The maximum atomic E-state index is 4.90. The third kappa shape index (κ3) is 2.57.